The molecule has 10 aromatic carbocycles. The van der Waals surface area contributed by atoms with Gasteiger partial charge in [0.25, 0.3) is 0 Å². The van der Waals surface area contributed by atoms with Gasteiger partial charge in [-0.25, -0.2) is 0 Å². The molecule has 0 aliphatic carbocycles. The molecule has 0 aromatic heterocycles. The first-order valence-electron chi connectivity index (χ1n) is 21.4. The Labute approximate surface area is 374 Å². The minimum Gasteiger partial charge on any atom is -0.311 e. The summed E-state index contributed by atoms with van der Waals surface area (Å²) in [7, 11) is 0. The van der Waals surface area contributed by atoms with Gasteiger partial charge in [-0.05, 0) is 141 Å². The summed E-state index contributed by atoms with van der Waals surface area (Å²) in [6.45, 7) is 0. The average molecular weight is 823 g/mol. The maximum Gasteiger partial charge on any atom is 0.0601 e. The fourth-order valence-electron chi connectivity index (χ4n) is 8.68. The molecular weight excluding hydrogens is 781 g/mol. The molecule has 0 atom stereocenters. The number of hydrogen-bond acceptors (Lipinski definition) is 3. The normalized spacial score (nSPS) is 11.7. The van der Waals surface area contributed by atoms with Gasteiger partial charge in [-0.2, -0.15) is 0 Å². The highest BCUT2D eigenvalue weighted by atomic mass is 32.2. The van der Waals surface area contributed by atoms with E-state index in [1.807, 2.05) is 11.8 Å². The molecule has 1 aliphatic heterocycles. The molecule has 0 unspecified atom stereocenters. The lowest BCUT2D eigenvalue weighted by molar-refractivity contribution is 1.17. The highest BCUT2D eigenvalue weighted by Crippen LogP contribution is 2.51. The van der Waals surface area contributed by atoms with Crippen LogP contribution in [0.5, 0.6) is 0 Å². The Kier molecular flexibility index (Phi) is 10.2. The van der Waals surface area contributed by atoms with Crippen molar-refractivity contribution in [3.8, 4) is 55.6 Å². The van der Waals surface area contributed by atoms with Crippen molar-refractivity contribution in [3.63, 3.8) is 0 Å². The van der Waals surface area contributed by atoms with Gasteiger partial charge in [0.05, 0.1) is 11.4 Å². The van der Waals surface area contributed by atoms with Crippen molar-refractivity contribution in [2.45, 2.75) is 9.79 Å². The van der Waals surface area contributed by atoms with Crippen LogP contribution in [0.2, 0.25) is 0 Å². The van der Waals surface area contributed by atoms with Crippen molar-refractivity contribution in [2.24, 2.45) is 0 Å². The number of fused-ring (bicyclic) bond motifs is 2. The van der Waals surface area contributed by atoms with Crippen LogP contribution < -0.4 is 9.80 Å². The van der Waals surface area contributed by atoms with Gasteiger partial charge in [-0.1, -0.05) is 182 Å². The molecule has 0 fully saturated rings. The van der Waals surface area contributed by atoms with Gasteiger partial charge in [0.1, 0.15) is 0 Å². The maximum absolute atomic E-state index is 2.39. The first-order valence-corrected chi connectivity index (χ1v) is 22.2. The van der Waals surface area contributed by atoms with E-state index in [2.05, 4.69) is 265 Å². The van der Waals surface area contributed by atoms with Crippen LogP contribution in [0.15, 0.2) is 265 Å². The molecule has 0 amide bonds. The quantitative estimate of drug-likeness (QED) is 0.143. The fourth-order valence-corrected chi connectivity index (χ4v) is 9.74. The zero-order chi connectivity index (χ0) is 42.0. The predicted octanol–water partition coefficient (Wildman–Crippen LogP) is 17.4. The third-order valence-electron chi connectivity index (χ3n) is 11.9. The van der Waals surface area contributed by atoms with Crippen molar-refractivity contribution in [3.05, 3.63) is 255 Å². The predicted molar refractivity (Wildman–Crippen MR) is 267 cm³/mol. The number of para-hydroxylation sites is 2. The Balaban J connectivity index is 0.940. The lowest BCUT2D eigenvalue weighted by Gasteiger charge is -2.33. The summed E-state index contributed by atoms with van der Waals surface area (Å²) in [5.74, 6) is 0. The van der Waals surface area contributed by atoms with Crippen molar-refractivity contribution in [2.75, 3.05) is 9.80 Å². The number of benzene rings is 10. The molecule has 0 N–H and O–H groups in total. The summed E-state index contributed by atoms with van der Waals surface area (Å²) in [5.41, 5.74) is 18.7. The van der Waals surface area contributed by atoms with Crippen LogP contribution in [0.1, 0.15) is 0 Å². The van der Waals surface area contributed by atoms with Crippen molar-refractivity contribution >= 4 is 45.9 Å². The summed E-state index contributed by atoms with van der Waals surface area (Å²) in [5, 5.41) is 0. The van der Waals surface area contributed by atoms with Crippen LogP contribution in [0, 0.1) is 0 Å². The molecule has 63 heavy (non-hydrogen) atoms. The molecule has 0 bridgehead atoms. The standard InChI is InChI=1S/C60H42N2S/c1-3-14-43(15-4-1)48-18-11-20-50(40-48)45-28-34-53(35-29-45)61(54-36-30-46(31-37-54)51-21-12-19-49(41-51)44-16-5-2-6-17-44)55-38-32-47(33-39-55)52-22-13-23-56(42-52)62-57-24-7-9-26-59(57)63-60-27-10-8-25-58(60)62/h1-42H. The van der Waals surface area contributed by atoms with Crippen molar-refractivity contribution < 1.29 is 0 Å². The van der Waals surface area contributed by atoms with Crippen LogP contribution in [0.3, 0.4) is 0 Å². The SMILES string of the molecule is c1ccc(-c2cccc(-c3ccc(N(c4ccc(-c5cccc(-c6ccccc6)c5)cc4)c4ccc(-c5cccc(N6c7ccccc7Sc7ccccc76)c5)cc4)cc3)c2)cc1. The van der Waals surface area contributed by atoms with E-state index < -0.39 is 0 Å². The minimum absolute atomic E-state index is 1.09. The largest absolute Gasteiger partial charge is 0.311 e. The molecule has 0 spiro atoms. The maximum atomic E-state index is 2.39. The van der Waals surface area contributed by atoms with E-state index >= 15 is 0 Å². The highest BCUT2D eigenvalue weighted by molar-refractivity contribution is 7.99. The lowest BCUT2D eigenvalue weighted by atomic mass is 9.98. The molecule has 3 heteroatoms. The van der Waals surface area contributed by atoms with Gasteiger partial charge in [-0.3, -0.25) is 0 Å². The van der Waals surface area contributed by atoms with E-state index in [0.29, 0.717) is 0 Å². The molecular formula is C60H42N2S. The van der Waals surface area contributed by atoms with Crippen LogP contribution >= 0.6 is 11.8 Å². The zero-order valence-corrected chi connectivity index (χ0v) is 35.4. The molecule has 11 rings (SSSR count). The Bertz CT molecular complexity index is 3010. The van der Waals surface area contributed by atoms with Crippen molar-refractivity contribution in [1.82, 2.24) is 0 Å². The van der Waals surface area contributed by atoms with Gasteiger partial charge in [0.15, 0.2) is 0 Å². The first-order chi connectivity index (χ1) is 31.2. The van der Waals surface area contributed by atoms with Gasteiger partial charge in [0, 0.05) is 32.5 Å². The van der Waals surface area contributed by atoms with Crippen LogP contribution in [-0.4, -0.2) is 0 Å². The Hall–Kier alpha value is -7.85. The molecule has 298 valence electrons. The van der Waals surface area contributed by atoms with E-state index in [9.17, 15) is 0 Å². The summed E-state index contributed by atoms with van der Waals surface area (Å²) >= 11 is 1.83. The Morgan fingerprint density at radius 1 is 0.254 bits per heavy atom. The number of hydrogen-bond donors (Lipinski definition) is 0. The van der Waals surface area contributed by atoms with Gasteiger partial charge in [-0.15, -0.1) is 0 Å². The third-order valence-corrected chi connectivity index (χ3v) is 13.0. The zero-order valence-electron chi connectivity index (χ0n) is 34.6. The number of anilines is 6. The third kappa shape index (κ3) is 7.72. The number of rotatable bonds is 9. The van der Waals surface area contributed by atoms with E-state index in [1.165, 1.54) is 71.2 Å². The van der Waals surface area contributed by atoms with Gasteiger partial charge < -0.3 is 9.80 Å². The molecule has 2 nitrogen and oxygen atoms in total. The second-order valence-electron chi connectivity index (χ2n) is 15.8. The topological polar surface area (TPSA) is 6.48 Å². The van der Waals surface area contributed by atoms with Crippen molar-refractivity contribution in [1.29, 1.82) is 0 Å². The monoisotopic (exact) mass is 822 g/mol. The smallest absolute Gasteiger partial charge is 0.0601 e. The average Bonchev–Trinajstić information content (AvgIpc) is 3.37. The molecule has 0 radical (unpaired) electrons. The summed E-state index contributed by atoms with van der Waals surface area (Å²) in [4.78, 5) is 7.26. The van der Waals surface area contributed by atoms with E-state index in [-0.39, 0.29) is 0 Å². The number of nitrogens with zero attached hydrogens (tertiary/aromatic N) is 2. The van der Waals surface area contributed by atoms with Crippen LogP contribution in [0.4, 0.5) is 34.1 Å². The van der Waals surface area contributed by atoms with Crippen LogP contribution in [0.25, 0.3) is 55.6 Å². The Morgan fingerprint density at radius 2 is 0.571 bits per heavy atom. The molecule has 10 aromatic rings. The van der Waals surface area contributed by atoms with Gasteiger partial charge >= 0.3 is 0 Å². The van der Waals surface area contributed by atoms with E-state index in [1.54, 1.807) is 0 Å². The summed E-state index contributed by atoms with van der Waals surface area (Å²) in [6, 6.07) is 92.0. The molecule has 0 saturated heterocycles. The molecule has 1 aliphatic rings. The molecule has 1 heterocycles. The lowest BCUT2D eigenvalue weighted by Crippen LogP contribution is -2.14. The first kappa shape index (κ1) is 38.1. The Morgan fingerprint density at radius 3 is 0.984 bits per heavy atom. The molecule has 0 saturated carbocycles. The van der Waals surface area contributed by atoms with Gasteiger partial charge in [0.2, 0.25) is 0 Å². The highest BCUT2D eigenvalue weighted by Gasteiger charge is 2.24. The second kappa shape index (κ2) is 16.9. The minimum atomic E-state index is 1.09. The summed E-state index contributed by atoms with van der Waals surface area (Å²) in [6.07, 6.45) is 0. The van der Waals surface area contributed by atoms with E-state index in [0.717, 1.165) is 28.3 Å². The summed E-state index contributed by atoms with van der Waals surface area (Å²) < 4.78 is 0. The second-order valence-corrected chi connectivity index (χ2v) is 16.9. The van der Waals surface area contributed by atoms with E-state index in [4.69, 9.17) is 0 Å². The van der Waals surface area contributed by atoms with Crippen LogP contribution in [-0.2, 0) is 0 Å². The fraction of sp³-hybridized carbons (Fsp3) is 0.